The average molecular weight is 303 g/mol. The van der Waals surface area contributed by atoms with Crippen LogP contribution in [0, 0.1) is 5.92 Å². The summed E-state index contributed by atoms with van der Waals surface area (Å²) in [7, 11) is 0. The zero-order valence-corrected chi connectivity index (χ0v) is 13.5. The lowest BCUT2D eigenvalue weighted by molar-refractivity contribution is 0.0337. The second-order valence-corrected chi connectivity index (χ2v) is 6.42. The van der Waals surface area contributed by atoms with Crippen molar-refractivity contribution < 1.29 is 9.84 Å². The summed E-state index contributed by atoms with van der Waals surface area (Å²) >= 11 is 0. The minimum atomic E-state index is 0.0710. The molecule has 2 aromatic rings. The second-order valence-electron chi connectivity index (χ2n) is 6.42. The molecule has 0 unspecified atom stereocenters. The van der Waals surface area contributed by atoms with Gasteiger partial charge in [-0.2, -0.15) is 5.10 Å². The van der Waals surface area contributed by atoms with Crippen molar-refractivity contribution in [2.24, 2.45) is 5.92 Å². The van der Waals surface area contributed by atoms with Crippen LogP contribution in [0.2, 0.25) is 0 Å². The Kier molecular flexibility index (Phi) is 4.76. The number of aromatic nitrogens is 2. The second kappa shape index (κ2) is 6.77. The normalized spacial score (nSPS) is 16.7. The Morgan fingerprint density at radius 2 is 2.05 bits per heavy atom. The van der Waals surface area contributed by atoms with Crippen LogP contribution in [-0.4, -0.2) is 46.1 Å². The first-order chi connectivity index (χ1) is 10.7. The lowest BCUT2D eigenvalue weighted by Gasteiger charge is -2.25. The molecule has 3 rings (SSSR count). The number of fused-ring (bicyclic) bond motifs is 1. The van der Waals surface area contributed by atoms with Gasteiger partial charge in [0, 0.05) is 31.6 Å². The van der Waals surface area contributed by atoms with Gasteiger partial charge in [0.15, 0.2) is 0 Å². The van der Waals surface area contributed by atoms with Crippen LogP contribution in [0.5, 0.6) is 0 Å². The number of hydrogen-bond donors (Lipinski definition) is 1. The van der Waals surface area contributed by atoms with Gasteiger partial charge in [-0.05, 0) is 17.5 Å². The van der Waals surface area contributed by atoms with E-state index in [1.165, 1.54) is 5.39 Å². The van der Waals surface area contributed by atoms with Gasteiger partial charge in [0.25, 0.3) is 0 Å². The lowest BCUT2D eigenvalue weighted by Crippen LogP contribution is -2.35. The summed E-state index contributed by atoms with van der Waals surface area (Å²) in [5, 5.41) is 15.4. The van der Waals surface area contributed by atoms with Crippen molar-refractivity contribution in [2.75, 3.05) is 26.3 Å². The van der Waals surface area contributed by atoms with Crippen molar-refractivity contribution in [3.63, 3.8) is 0 Å². The fourth-order valence-electron chi connectivity index (χ4n) is 2.96. The summed E-state index contributed by atoms with van der Waals surface area (Å²) in [6, 6.07) is 6.15. The molecule has 1 aromatic carbocycles. The summed E-state index contributed by atoms with van der Waals surface area (Å²) < 4.78 is 7.51. The maximum absolute atomic E-state index is 9.39. The van der Waals surface area contributed by atoms with Crippen LogP contribution in [0.4, 0.5) is 0 Å². The number of ether oxygens (including phenoxy) is 1. The van der Waals surface area contributed by atoms with Gasteiger partial charge in [-0.1, -0.05) is 26.0 Å². The highest BCUT2D eigenvalue weighted by atomic mass is 16.5. The quantitative estimate of drug-likeness (QED) is 0.918. The molecular weight excluding hydrogens is 278 g/mol. The molecule has 1 fully saturated rings. The van der Waals surface area contributed by atoms with E-state index in [4.69, 9.17) is 9.84 Å². The Morgan fingerprint density at radius 3 is 2.73 bits per heavy atom. The minimum absolute atomic E-state index is 0.0710. The Bertz CT molecular complexity index is 630. The maximum Gasteiger partial charge on any atom is 0.0843 e. The van der Waals surface area contributed by atoms with E-state index < -0.39 is 0 Å². The van der Waals surface area contributed by atoms with Gasteiger partial charge in [0.1, 0.15) is 0 Å². The van der Waals surface area contributed by atoms with E-state index in [-0.39, 0.29) is 6.61 Å². The number of rotatable bonds is 5. The molecule has 0 spiro atoms. The third-order valence-corrected chi connectivity index (χ3v) is 4.09. The predicted octanol–water partition coefficient (Wildman–Crippen LogP) is 2.02. The van der Waals surface area contributed by atoms with Gasteiger partial charge in [0.05, 0.1) is 31.0 Å². The van der Waals surface area contributed by atoms with Crippen LogP contribution in [0.3, 0.4) is 0 Å². The van der Waals surface area contributed by atoms with Crippen molar-refractivity contribution in [3.8, 4) is 0 Å². The lowest BCUT2D eigenvalue weighted by atomic mass is 10.1. The molecule has 0 atom stereocenters. The number of aliphatic hydroxyl groups is 1. The van der Waals surface area contributed by atoms with Crippen LogP contribution < -0.4 is 0 Å². The average Bonchev–Trinajstić information content (AvgIpc) is 2.84. The van der Waals surface area contributed by atoms with E-state index in [2.05, 4.69) is 35.6 Å². The monoisotopic (exact) mass is 303 g/mol. The third-order valence-electron chi connectivity index (χ3n) is 4.09. The van der Waals surface area contributed by atoms with E-state index in [1.807, 2.05) is 6.07 Å². The van der Waals surface area contributed by atoms with Crippen LogP contribution in [0.15, 0.2) is 18.2 Å². The number of aliphatic hydroxyl groups excluding tert-OH is 1. The van der Waals surface area contributed by atoms with E-state index in [1.54, 1.807) is 0 Å². The summed E-state index contributed by atoms with van der Waals surface area (Å²) in [6.07, 6.45) is 0. The Labute approximate surface area is 131 Å². The van der Waals surface area contributed by atoms with Crippen LogP contribution in [0.25, 0.3) is 10.9 Å². The summed E-state index contributed by atoms with van der Waals surface area (Å²) in [4.78, 5) is 2.39. The number of morpholine rings is 1. The molecule has 2 heterocycles. The predicted molar refractivity (Wildman–Crippen MR) is 86.6 cm³/mol. The highest BCUT2D eigenvalue weighted by Crippen LogP contribution is 2.23. The molecule has 0 amide bonds. The molecule has 1 aliphatic rings. The minimum Gasteiger partial charge on any atom is -0.392 e. The maximum atomic E-state index is 9.39. The first-order valence-electron chi connectivity index (χ1n) is 8.06. The zero-order chi connectivity index (χ0) is 15.5. The largest absolute Gasteiger partial charge is 0.392 e. The van der Waals surface area contributed by atoms with Crippen molar-refractivity contribution >= 4 is 10.9 Å². The molecule has 0 aliphatic carbocycles. The standard InChI is InChI=1S/C17H25N3O2/c1-13(2)10-20-17-9-14(12-21)3-4-15(17)16(18-20)11-19-5-7-22-8-6-19/h3-4,9,13,21H,5-8,10-12H2,1-2H3. The number of hydrogen-bond acceptors (Lipinski definition) is 4. The smallest absolute Gasteiger partial charge is 0.0843 e. The fourth-order valence-corrected chi connectivity index (χ4v) is 2.96. The Balaban J connectivity index is 1.94. The summed E-state index contributed by atoms with van der Waals surface area (Å²) in [5.74, 6) is 0.539. The van der Waals surface area contributed by atoms with E-state index >= 15 is 0 Å². The van der Waals surface area contributed by atoms with Gasteiger partial charge >= 0.3 is 0 Å². The molecule has 5 heteroatoms. The fraction of sp³-hybridized carbons (Fsp3) is 0.588. The van der Waals surface area contributed by atoms with Gasteiger partial charge in [-0.25, -0.2) is 0 Å². The Morgan fingerprint density at radius 1 is 1.27 bits per heavy atom. The van der Waals surface area contributed by atoms with Crippen molar-refractivity contribution in [1.82, 2.24) is 14.7 Å². The molecule has 0 bridgehead atoms. The number of benzene rings is 1. The Hall–Kier alpha value is -1.43. The highest BCUT2D eigenvalue weighted by Gasteiger charge is 2.17. The van der Waals surface area contributed by atoms with Gasteiger partial charge < -0.3 is 9.84 Å². The van der Waals surface area contributed by atoms with Crippen LogP contribution >= 0.6 is 0 Å². The molecule has 1 aliphatic heterocycles. The van der Waals surface area contributed by atoms with Gasteiger partial charge in [0.2, 0.25) is 0 Å². The van der Waals surface area contributed by atoms with E-state index in [0.717, 1.165) is 56.2 Å². The van der Waals surface area contributed by atoms with Gasteiger partial charge in [-0.15, -0.1) is 0 Å². The molecule has 1 N–H and O–H groups in total. The molecule has 0 radical (unpaired) electrons. The summed E-state index contributed by atoms with van der Waals surface area (Å²) in [5.41, 5.74) is 3.20. The topological polar surface area (TPSA) is 50.5 Å². The molecule has 0 saturated carbocycles. The molecule has 1 aromatic heterocycles. The van der Waals surface area contributed by atoms with Gasteiger partial charge in [-0.3, -0.25) is 9.58 Å². The van der Waals surface area contributed by atoms with E-state index in [9.17, 15) is 5.11 Å². The van der Waals surface area contributed by atoms with Crippen molar-refractivity contribution in [3.05, 3.63) is 29.5 Å². The van der Waals surface area contributed by atoms with Crippen molar-refractivity contribution in [1.29, 1.82) is 0 Å². The zero-order valence-electron chi connectivity index (χ0n) is 13.5. The molecule has 22 heavy (non-hydrogen) atoms. The molecule has 120 valence electrons. The third kappa shape index (κ3) is 3.32. The molecule has 1 saturated heterocycles. The molecular formula is C17H25N3O2. The SMILES string of the molecule is CC(C)Cn1nc(CN2CCOCC2)c2ccc(CO)cc21. The van der Waals surface area contributed by atoms with Crippen LogP contribution in [0.1, 0.15) is 25.1 Å². The first-order valence-corrected chi connectivity index (χ1v) is 8.06. The molecule has 5 nitrogen and oxygen atoms in total. The van der Waals surface area contributed by atoms with Crippen molar-refractivity contribution in [2.45, 2.75) is 33.5 Å². The van der Waals surface area contributed by atoms with E-state index in [0.29, 0.717) is 5.92 Å². The highest BCUT2D eigenvalue weighted by molar-refractivity contribution is 5.82. The first kappa shape index (κ1) is 15.5. The summed E-state index contributed by atoms with van der Waals surface area (Å²) in [6.45, 7) is 9.77. The van der Waals surface area contributed by atoms with Crippen LogP contribution in [-0.2, 0) is 24.4 Å². The number of nitrogens with zero attached hydrogens (tertiary/aromatic N) is 3.